The molecule has 0 spiro atoms. The number of halogens is 1. The molecule has 13 heteroatoms. The second-order valence-electron chi connectivity index (χ2n) is 15.6. The molecule has 0 saturated carbocycles. The molecule has 0 aromatic heterocycles. The number of aliphatic hydroxyl groups is 1. The molecular formula is C51H60IN4O8+. The molecule has 2 aromatic carbocycles. The number of benzene rings is 2. The van der Waals surface area contributed by atoms with Crippen molar-refractivity contribution < 1.29 is 43.0 Å². The third-order valence-electron chi connectivity index (χ3n) is 11.3. The molecule has 4 aliphatic rings. The van der Waals surface area contributed by atoms with E-state index in [1.54, 1.807) is 26.3 Å². The Hall–Kier alpha value is -5.19. The summed E-state index contributed by atoms with van der Waals surface area (Å²) in [6.45, 7) is 7.35. The Bertz CT molecular complexity index is 2290. The number of hydrogen-bond acceptors (Lipinski definition) is 11. The highest BCUT2D eigenvalue weighted by Gasteiger charge is 2.38. The van der Waals surface area contributed by atoms with E-state index in [-0.39, 0.29) is 17.3 Å². The van der Waals surface area contributed by atoms with Crippen LogP contribution in [0.2, 0.25) is 0 Å². The average Bonchev–Trinajstić information content (AvgIpc) is 3.31. The number of anilines is 2. The molecule has 12 nitrogen and oxygen atoms in total. The number of nitrogens with zero attached hydrogens (tertiary/aromatic N) is 4. The van der Waals surface area contributed by atoms with Crippen LogP contribution in [0.3, 0.4) is 0 Å². The summed E-state index contributed by atoms with van der Waals surface area (Å²) in [7, 11) is 9.38. The van der Waals surface area contributed by atoms with Crippen LogP contribution >= 0.6 is 22.6 Å². The zero-order valence-corrected chi connectivity index (χ0v) is 39.8. The van der Waals surface area contributed by atoms with E-state index >= 15 is 0 Å². The van der Waals surface area contributed by atoms with Crippen molar-refractivity contribution in [3.63, 3.8) is 0 Å². The lowest BCUT2D eigenvalue weighted by atomic mass is 9.80. The van der Waals surface area contributed by atoms with Crippen LogP contribution in [0, 0.1) is 0 Å². The van der Waals surface area contributed by atoms with Gasteiger partial charge in [-0.1, -0.05) is 59.0 Å². The van der Waals surface area contributed by atoms with E-state index in [2.05, 4.69) is 42.0 Å². The maximum absolute atomic E-state index is 13.5. The number of hydrogen-bond donors (Lipinski definition) is 1. The summed E-state index contributed by atoms with van der Waals surface area (Å²) >= 11 is 2.30. The van der Waals surface area contributed by atoms with Gasteiger partial charge in [0, 0.05) is 88.6 Å². The lowest BCUT2D eigenvalue weighted by Crippen LogP contribution is -2.25. The minimum Gasteiger partial charge on any atom is -0.506 e. The Balaban J connectivity index is 0.863. The van der Waals surface area contributed by atoms with Crippen LogP contribution in [0.1, 0.15) is 24.0 Å². The molecule has 6 rings (SSSR count). The smallest absolute Gasteiger partial charge is 0.201 e. The monoisotopic (exact) mass is 983 g/mol. The third-order valence-corrected chi connectivity index (χ3v) is 11.8. The van der Waals surface area contributed by atoms with Crippen LogP contribution in [0.4, 0.5) is 11.4 Å². The zero-order chi connectivity index (χ0) is 45.4. The molecule has 0 unspecified atom stereocenters. The Morgan fingerprint density at radius 1 is 0.609 bits per heavy atom. The van der Waals surface area contributed by atoms with E-state index in [0.717, 1.165) is 71.0 Å². The number of allylic oxidation sites excluding steroid dienone is 14. The Morgan fingerprint density at radius 2 is 1.08 bits per heavy atom. The fraction of sp³-hybridized carbons (Fsp3) is 0.373. The van der Waals surface area contributed by atoms with Crippen molar-refractivity contribution >= 4 is 68.1 Å². The molecule has 0 heterocycles. The number of methoxy groups -OCH3 is 1. The van der Waals surface area contributed by atoms with E-state index < -0.39 is 0 Å². The second-order valence-corrected chi connectivity index (χ2v) is 16.6. The molecule has 4 aliphatic carbocycles. The highest BCUT2D eigenvalue weighted by molar-refractivity contribution is 14.1. The van der Waals surface area contributed by atoms with Crippen LogP contribution in [0.5, 0.6) is 0 Å². The van der Waals surface area contributed by atoms with Crippen molar-refractivity contribution in [3.05, 3.63) is 142 Å². The predicted molar refractivity (Wildman–Crippen MR) is 264 cm³/mol. The molecule has 0 atom stereocenters. The van der Waals surface area contributed by atoms with E-state index in [1.165, 1.54) is 0 Å². The summed E-state index contributed by atoms with van der Waals surface area (Å²) < 4.78 is 31.9. The van der Waals surface area contributed by atoms with E-state index in [9.17, 15) is 14.7 Å². The SMILES string of the molecule is CN=C1C=CC(=C2C(=O)C(c3ccc(N(C)CCOCCCOCCN(C)c4ccc(C5=C(OC)C(=C6C=CC(=[N+](C)CCOCCCOCCI)C=C6)C5=O)cc4)cc3)=C2O)C=C1. The van der Waals surface area contributed by atoms with Gasteiger partial charge in [0.15, 0.2) is 12.3 Å². The highest BCUT2D eigenvalue weighted by Crippen LogP contribution is 2.41. The quantitative estimate of drug-likeness (QED) is 0.0377. The molecule has 0 saturated heterocycles. The van der Waals surface area contributed by atoms with Crippen molar-refractivity contribution in [2.75, 3.05) is 122 Å². The number of Topliss-reactive ketones (excluding diaryl/α,β-unsaturated/α-hetero) is 2. The second kappa shape index (κ2) is 24.2. The van der Waals surface area contributed by atoms with Gasteiger partial charge >= 0.3 is 0 Å². The molecule has 0 fully saturated rings. The maximum atomic E-state index is 13.5. The van der Waals surface area contributed by atoms with E-state index in [4.69, 9.17) is 23.7 Å². The molecule has 64 heavy (non-hydrogen) atoms. The summed E-state index contributed by atoms with van der Waals surface area (Å²) in [5, 5.41) is 10.7. The molecule has 0 radical (unpaired) electrons. The Kier molecular flexibility index (Phi) is 18.3. The van der Waals surface area contributed by atoms with Crippen molar-refractivity contribution in [2.24, 2.45) is 4.99 Å². The summed E-state index contributed by atoms with van der Waals surface area (Å²) in [5.74, 6) is 0.460. The maximum Gasteiger partial charge on any atom is 0.201 e. The van der Waals surface area contributed by atoms with Crippen molar-refractivity contribution in [2.45, 2.75) is 12.8 Å². The van der Waals surface area contributed by atoms with Gasteiger partial charge in [0.25, 0.3) is 0 Å². The summed E-state index contributed by atoms with van der Waals surface area (Å²) in [6, 6.07) is 15.6. The van der Waals surface area contributed by atoms with Crippen LogP contribution in [-0.2, 0) is 33.3 Å². The van der Waals surface area contributed by atoms with Gasteiger partial charge in [0.2, 0.25) is 11.6 Å². The molecule has 338 valence electrons. The fourth-order valence-electron chi connectivity index (χ4n) is 7.47. The predicted octanol–water partition coefficient (Wildman–Crippen LogP) is 7.33. The molecule has 0 bridgehead atoms. The summed E-state index contributed by atoms with van der Waals surface area (Å²) in [6.07, 6.45) is 16.9. The van der Waals surface area contributed by atoms with Crippen LogP contribution < -0.4 is 9.80 Å². The van der Waals surface area contributed by atoms with Gasteiger partial charge in [-0.05, 0) is 83.7 Å². The van der Waals surface area contributed by atoms with Gasteiger partial charge in [0.1, 0.15) is 25.2 Å². The first kappa shape index (κ1) is 48.3. The Labute approximate surface area is 391 Å². The molecule has 1 N–H and O–H groups in total. The summed E-state index contributed by atoms with van der Waals surface area (Å²) in [4.78, 5) is 34.8. The zero-order valence-electron chi connectivity index (χ0n) is 37.6. The number of carbonyl (C=O) groups is 2. The lowest BCUT2D eigenvalue weighted by Gasteiger charge is -2.27. The van der Waals surface area contributed by atoms with Gasteiger partial charge < -0.3 is 38.6 Å². The number of carbonyl (C=O) groups excluding carboxylic acids is 2. The lowest BCUT2D eigenvalue weighted by molar-refractivity contribution is -0.499. The van der Waals surface area contributed by atoms with Gasteiger partial charge in [-0.3, -0.25) is 14.6 Å². The van der Waals surface area contributed by atoms with Crippen LogP contribution in [0.25, 0.3) is 11.1 Å². The molecule has 0 amide bonds. The topological polar surface area (TPSA) is 122 Å². The Morgan fingerprint density at radius 3 is 1.58 bits per heavy atom. The number of ketones is 2. The first-order valence-electron chi connectivity index (χ1n) is 21.7. The highest BCUT2D eigenvalue weighted by atomic mass is 127. The summed E-state index contributed by atoms with van der Waals surface area (Å²) in [5.41, 5.74) is 8.81. The van der Waals surface area contributed by atoms with Crippen molar-refractivity contribution in [1.82, 2.24) is 0 Å². The van der Waals surface area contributed by atoms with Crippen LogP contribution in [0.15, 0.2) is 136 Å². The van der Waals surface area contributed by atoms with Crippen LogP contribution in [-0.4, -0.2) is 145 Å². The number of rotatable bonds is 24. The van der Waals surface area contributed by atoms with E-state index in [0.29, 0.717) is 91.9 Å². The molecule has 0 aliphatic heterocycles. The standard InChI is InChI=1S/C51H59IN4O8/c1-53-40-16-8-36(9-17-40)44-48(57)45(49(44)58)37-10-18-41(19-11-37)54(2)25-34-63-30-7-31-64-35-27-56(4)43-22-14-39(15-23-43)47-50(59)46(51(47)60-5)38-12-20-42(21-13-38)55(3)26-33-62-29-6-28-61-32-24-52/h8-23H,6-7,24-35H2,1-5H3/p+1. The van der Waals surface area contributed by atoms with Gasteiger partial charge in [-0.25, -0.2) is 4.58 Å². The first-order chi connectivity index (χ1) is 31.2. The van der Waals surface area contributed by atoms with Gasteiger partial charge in [-0.15, -0.1) is 0 Å². The minimum atomic E-state index is -0.161. The van der Waals surface area contributed by atoms with E-state index in [1.807, 2.05) is 106 Å². The average molecular weight is 984 g/mol. The molecule has 2 aromatic rings. The number of ether oxygens (including phenoxy) is 5. The number of aliphatic imine (C=N–C) groups is 1. The first-order valence-corrected chi connectivity index (χ1v) is 23.3. The van der Waals surface area contributed by atoms with Gasteiger partial charge in [-0.2, -0.15) is 0 Å². The largest absolute Gasteiger partial charge is 0.506 e. The third kappa shape index (κ3) is 12.1. The number of aliphatic hydroxyl groups excluding tert-OH is 1. The van der Waals surface area contributed by atoms with Crippen molar-refractivity contribution in [1.29, 1.82) is 0 Å². The van der Waals surface area contributed by atoms with Gasteiger partial charge in [0.05, 0.1) is 54.9 Å². The fourth-order valence-corrected chi connectivity index (χ4v) is 7.78. The normalized spacial score (nSPS) is 15.7. The minimum absolute atomic E-state index is 0.0194. The number of alkyl halides is 1. The number of likely N-dealkylation sites (N-methyl/N-ethyl adjacent to an activating group) is 3. The molecular weight excluding hydrogens is 923 g/mol. The van der Waals surface area contributed by atoms with Crippen molar-refractivity contribution in [3.8, 4) is 0 Å².